The Morgan fingerprint density at radius 1 is 1.14 bits per heavy atom. The van der Waals surface area contributed by atoms with E-state index in [4.69, 9.17) is 5.73 Å². The summed E-state index contributed by atoms with van der Waals surface area (Å²) in [5.41, 5.74) is 6.72. The number of rotatable bonds is 4. The van der Waals surface area contributed by atoms with E-state index in [-0.39, 0.29) is 0 Å². The van der Waals surface area contributed by atoms with Crippen LogP contribution in [0.5, 0.6) is 0 Å². The van der Waals surface area contributed by atoms with E-state index in [1.807, 2.05) is 31.3 Å². The van der Waals surface area contributed by atoms with Gasteiger partial charge in [-0.3, -0.25) is 0 Å². The van der Waals surface area contributed by atoms with Crippen LogP contribution >= 0.6 is 0 Å². The molecular formula is C16H23N5. The molecule has 0 spiro atoms. The van der Waals surface area contributed by atoms with Crippen molar-refractivity contribution in [2.24, 2.45) is 11.7 Å². The van der Waals surface area contributed by atoms with Gasteiger partial charge in [0.2, 0.25) is 5.95 Å². The minimum atomic E-state index is 0.457. The molecule has 0 bridgehead atoms. The van der Waals surface area contributed by atoms with Crippen molar-refractivity contribution >= 4 is 22.7 Å². The Kier molecular flexibility index (Phi) is 4.20. The topological polar surface area (TPSA) is 75.9 Å². The molecule has 0 aliphatic heterocycles. The quantitative estimate of drug-likeness (QED) is 0.805. The molecule has 112 valence electrons. The normalized spacial score (nSPS) is 22.2. The van der Waals surface area contributed by atoms with Crippen LogP contribution in [0, 0.1) is 5.92 Å². The Hall–Kier alpha value is -1.88. The third-order valence-corrected chi connectivity index (χ3v) is 4.35. The van der Waals surface area contributed by atoms with Crippen LogP contribution in [0.15, 0.2) is 24.3 Å². The predicted octanol–water partition coefficient (Wildman–Crippen LogP) is 2.60. The number of fused-ring (bicyclic) bond motifs is 1. The maximum absolute atomic E-state index is 5.75. The van der Waals surface area contributed by atoms with E-state index in [2.05, 4.69) is 20.6 Å². The lowest BCUT2D eigenvalue weighted by molar-refractivity contribution is 0.344. The van der Waals surface area contributed by atoms with Gasteiger partial charge in [-0.05, 0) is 50.3 Å². The van der Waals surface area contributed by atoms with E-state index in [1.54, 1.807) is 0 Å². The molecule has 1 fully saturated rings. The van der Waals surface area contributed by atoms with Crippen LogP contribution in [-0.4, -0.2) is 29.6 Å². The second kappa shape index (κ2) is 6.26. The summed E-state index contributed by atoms with van der Waals surface area (Å²) in [6.07, 6.45) is 4.68. The molecule has 1 aromatic heterocycles. The van der Waals surface area contributed by atoms with Gasteiger partial charge in [0.25, 0.3) is 0 Å². The monoisotopic (exact) mass is 285 g/mol. The fraction of sp³-hybridized carbons (Fsp3) is 0.500. The molecular weight excluding hydrogens is 262 g/mol. The molecule has 1 aliphatic rings. The lowest BCUT2D eigenvalue weighted by Crippen LogP contribution is -2.29. The van der Waals surface area contributed by atoms with E-state index >= 15 is 0 Å². The van der Waals surface area contributed by atoms with E-state index < -0.39 is 0 Å². The second-order valence-electron chi connectivity index (χ2n) is 5.76. The first kappa shape index (κ1) is 14.1. The van der Waals surface area contributed by atoms with Crippen molar-refractivity contribution in [2.45, 2.75) is 31.7 Å². The minimum absolute atomic E-state index is 0.457. The highest BCUT2D eigenvalue weighted by Gasteiger charge is 2.21. The van der Waals surface area contributed by atoms with Crippen LogP contribution < -0.4 is 16.4 Å². The summed E-state index contributed by atoms with van der Waals surface area (Å²) in [5.74, 6) is 2.28. The van der Waals surface area contributed by atoms with Crippen LogP contribution in [0.2, 0.25) is 0 Å². The molecule has 1 aliphatic carbocycles. The van der Waals surface area contributed by atoms with Crippen LogP contribution in [0.1, 0.15) is 25.7 Å². The Morgan fingerprint density at radius 3 is 2.62 bits per heavy atom. The minimum Gasteiger partial charge on any atom is -0.372 e. The van der Waals surface area contributed by atoms with Crippen LogP contribution in [-0.2, 0) is 0 Å². The molecule has 21 heavy (non-hydrogen) atoms. The molecule has 4 N–H and O–H groups in total. The third kappa shape index (κ3) is 3.08. The average molecular weight is 285 g/mol. The van der Waals surface area contributed by atoms with Crippen molar-refractivity contribution in [3.05, 3.63) is 24.3 Å². The standard InChI is InChI=1S/C16H23N5/c1-18-15-13-4-2-3-5-14(13)20-16(21-15)19-12-8-6-11(10-17)7-9-12/h2-5,11-12H,6-10,17H2,1H3,(H2,18,19,20,21)/t11-,12+. The third-order valence-electron chi connectivity index (χ3n) is 4.35. The lowest BCUT2D eigenvalue weighted by Gasteiger charge is -2.28. The second-order valence-corrected chi connectivity index (χ2v) is 5.76. The zero-order valence-electron chi connectivity index (χ0n) is 12.5. The van der Waals surface area contributed by atoms with Crippen LogP contribution in [0.25, 0.3) is 10.9 Å². The Labute approximate surface area is 125 Å². The number of anilines is 2. The van der Waals surface area contributed by atoms with Gasteiger partial charge in [0, 0.05) is 18.5 Å². The van der Waals surface area contributed by atoms with Crippen molar-refractivity contribution in [3.8, 4) is 0 Å². The molecule has 2 aromatic rings. The summed E-state index contributed by atoms with van der Waals surface area (Å²) in [7, 11) is 1.89. The first-order valence-corrected chi connectivity index (χ1v) is 7.71. The van der Waals surface area contributed by atoms with E-state index in [0.717, 1.165) is 36.1 Å². The Balaban J connectivity index is 1.78. The Bertz CT molecular complexity index is 605. The van der Waals surface area contributed by atoms with Gasteiger partial charge >= 0.3 is 0 Å². The highest BCUT2D eigenvalue weighted by atomic mass is 15.1. The molecule has 0 saturated heterocycles. The molecule has 1 saturated carbocycles. The van der Waals surface area contributed by atoms with Crippen LogP contribution in [0.4, 0.5) is 11.8 Å². The number of hydrogen-bond acceptors (Lipinski definition) is 5. The molecule has 0 amide bonds. The van der Waals surface area contributed by atoms with Gasteiger partial charge in [0.05, 0.1) is 5.52 Å². The summed E-state index contributed by atoms with van der Waals surface area (Å²) < 4.78 is 0. The van der Waals surface area contributed by atoms with E-state index in [1.165, 1.54) is 12.8 Å². The molecule has 0 atom stereocenters. The molecule has 1 heterocycles. The SMILES string of the molecule is CNc1nc(N[C@H]2CC[C@@H](CN)CC2)nc2ccccc12. The largest absolute Gasteiger partial charge is 0.372 e. The fourth-order valence-electron chi connectivity index (χ4n) is 3.06. The molecule has 5 nitrogen and oxygen atoms in total. The molecule has 3 rings (SSSR count). The zero-order chi connectivity index (χ0) is 14.7. The first-order chi connectivity index (χ1) is 10.3. The van der Waals surface area contributed by atoms with E-state index in [9.17, 15) is 0 Å². The number of aromatic nitrogens is 2. The molecule has 1 aromatic carbocycles. The summed E-state index contributed by atoms with van der Waals surface area (Å²) in [5, 5.41) is 7.70. The van der Waals surface area contributed by atoms with Gasteiger partial charge < -0.3 is 16.4 Å². The number of nitrogens with two attached hydrogens (primary N) is 1. The lowest BCUT2D eigenvalue weighted by atomic mass is 9.86. The number of nitrogens with zero attached hydrogens (tertiary/aromatic N) is 2. The number of benzene rings is 1. The Morgan fingerprint density at radius 2 is 1.90 bits per heavy atom. The van der Waals surface area contributed by atoms with Crippen molar-refractivity contribution in [3.63, 3.8) is 0 Å². The smallest absolute Gasteiger partial charge is 0.225 e. The van der Waals surface area contributed by atoms with Gasteiger partial charge in [-0.2, -0.15) is 4.98 Å². The van der Waals surface area contributed by atoms with Crippen molar-refractivity contribution in [1.29, 1.82) is 0 Å². The van der Waals surface area contributed by atoms with Gasteiger partial charge in [-0.25, -0.2) is 4.98 Å². The summed E-state index contributed by atoms with van der Waals surface area (Å²) in [6.45, 7) is 0.809. The van der Waals surface area contributed by atoms with E-state index in [0.29, 0.717) is 17.9 Å². The maximum Gasteiger partial charge on any atom is 0.225 e. The van der Waals surface area contributed by atoms with Gasteiger partial charge in [0.1, 0.15) is 5.82 Å². The maximum atomic E-state index is 5.75. The van der Waals surface area contributed by atoms with Gasteiger partial charge in [0.15, 0.2) is 0 Å². The van der Waals surface area contributed by atoms with Crippen molar-refractivity contribution < 1.29 is 0 Å². The number of nitrogens with one attached hydrogen (secondary N) is 2. The highest BCUT2D eigenvalue weighted by Crippen LogP contribution is 2.26. The average Bonchev–Trinajstić information content (AvgIpc) is 2.55. The van der Waals surface area contributed by atoms with Gasteiger partial charge in [-0.1, -0.05) is 12.1 Å². The molecule has 0 radical (unpaired) electrons. The number of hydrogen-bond donors (Lipinski definition) is 3. The summed E-state index contributed by atoms with van der Waals surface area (Å²) >= 11 is 0. The van der Waals surface area contributed by atoms with Gasteiger partial charge in [-0.15, -0.1) is 0 Å². The first-order valence-electron chi connectivity index (χ1n) is 7.71. The summed E-state index contributed by atoms with van der Waals surface area (Å²) in [6, 6.07) is 8.53. The summed E-state index contributed by atoms with van der Waals surface area (Å²) in [4.78, 5) is 9.22. The molecule has 0 unspecified atom stereocenters. The molecule has 5 heteroatoms. The predicted molar refractivity (Wildman–Crippen MR) is 87.5 cm³/mol. The fourth-order valence-corrected chi connectivity index (χ4v) is 3.06. The van der Waals surface area contributed by atoms with Crippen molar-refractivity contribution in [2.75, 3.05) is 24.2 Å². The van der Waals surface area contributed by atoms with Crippen LogP contribution in [0.3, 0.4) is 0 Å². The van der Waals surface area contributed by atoms with Crippen molar-refractivity contribution in [1.82, 2.24) is 9.97 Å². The highest BCUT2D eigenvalue weighted by molar-refractivity contribution is 5.89. The zero-order valence-corrected chi connectivity index (χ0v) is 12.5. The number of para-hydroxylation sites is 1.